The Morgan fingerprint density at radius 2 is 1.70 bits per heavy atom. The van der Waals surface area contributed by atoms with E-state index in [0.717, 1.165) is 6.04 Å². The first kappa shape index (κ1) is 11.9. The second-order valence-corrected chi connectivity index (χ2v) is 15.6. The van der Waals surface area contributed by atoms with E-state index >= 15 is 0 Å². The lowest BCUT2D eigenvalue weighted by Crippen LogP contribution is -2.11. The summed E-state index contributed by atoms with van der Waals surface area (Å²) in [6, 6.07) is -0.765. The van der Waals surface area contributed by atoms with Crippen molar-refractivity contribution in [2.24, 2.45) is 0 Å². The maximum atomic E-state index is 5.62. The second-order valence-electron chi connectivity index (χ2n) is 1.90. The van der Waals surface area contributed by atoms with Crippen LogP contribution < -0.4 is 0 Å². The number of hydrogen-bond acceptors (Lipinski definition) is 0. The molecule has 0 saturated heterocycles. The van der Waals surface area contributed by atoms with Crippen molar-refractivity contribution in [2.75, 3.05) is 0 Å². The van der Waals surface area contributed by atoms with Crippen molar-refractivity contribution in [2.45, 2.75) is 16.5 Å². The van der Waals surface area contributed by atoms with Crippen molar-refractivity contribution in [3.63, 3.8) is 0 Å². The number of hydrogen-bond donors (Lipinski definition) is 0. The van der Waals surface area contributed by atoms with Crippen molar-refractivity contribution in [1.82, 2.24) is 0 Å². The third-order valence-electron chi connectivity index (χ3n) is 0.883. The fraction of sp³-hybridized carbons (Fsp3) is 1.00. The first-order chi connectivity index (χ1) is 4.42. The summed E-state index contributed by atoms with van der Waals surface area (Å²) in [5, 5.41) is 0. The molecule has 0 heterocycles. The molecule has 0 fully saturated rings. The van der Waals surface area contributed by atoms with Crippen LogP contribution in [0, 0.1) is 0 Å². The minimum atomic E-state index is -2.39. The van der Waals surface area contributed by atoms with Gasteiger partial charge < -0.3 is 0 Å². The quantitative estimate of drug-likeness (QED) is 0.421. The van der Waals surface area contributed by atoms with E-state index in [9.17, 15) is 0 Å². The fourth-order valence-corrected chi connectivity index (χ4v) is 7.72. The molecule has 0 spiro atoms. The summed E-state index contributed by atoms with van der Waals surface area (Å²) < 4.78 is -0.193. The van der Waals surface area contributed by atoms with Gasteiger partial charge in [0.05, 0.1) is 14.0 Å². The number of halogens is 5. The summed E-state index contributed by atoms with van der Waals surface area (Å²) in [6.07, 6.45) is 0. The van der Waals surface area contributed by atoms with Crippen LogP contribution in [0.15, 0.2) is 0 Å². The SMILES string of the molecule is ClC(Cl)[SiH2]CC[Si](Cl)(Cl)Cl. The van der Waals surface area contributed by atoms with Gasteiger partial charge in [0.1, 0.15) is 0 Å². The van der Waals surface area contributed by atoms with Crippen LogP contribution in [0.2, 0.25) is 12.1 Å². The van der Waals surface area contributed by atoms with Crippen LogP contribution in [0.4, 0.5) is 0 Å². The van der Waals surface area contributed by atoms with Crippen molar-refractivity contribution in [1.29, 1.82) is 0 Å². The first-order valence-corrected chi connectivity index (χ1v) is 10.7. The van der Waals surface area contributed by atoms with Gasteiger partial charge in [-0.05, 0) is 6.04 Å². The van der Waals surface area contributed by atoms with Gasteiger partial charge in [0.2, 0.25) is 0 Å². The molecular weight excluding hydrogens is 269 g/mol. The molecule has 0 unspecified atom stereocenters. The molecule has 0 aromatic heterocycles. The van der Waals surface area contributed by atoms with E-state index in [1.54, 1.807) is 0 Å². The zero-order valence-corrected chi connectivity index (χ0v) is 11.3. The van der Waals surface area contributed by atoms with Gasteiger partial charge in [-0.2, -0.15) is 0 Å². The topological polar surface area (TPSA) is 0 Å². The van der Waals surface area contributed by atoms with Crippen LogP contribution in [0.5, 0.6) is 0 Å². The molecule has 0 aromatic rings. The van der Waals surface area contributed by atoms with Gasteiger partial charge in [-0.3, -0.25) is 0 Å². The molecule has 0 radical (unpaired) electrons. The Morgan fingerprint density at radius 1 is 1.20 bits per heavy atom. The molecular formula is C3H7Cl5Si2. The van der Waals surface area contributed by atoms with Crippen LogP contribution in [0.1, 0.15) is 0 Å². The Labute approximate surface area is 88.1 Å². The van der Waals surface area contributed by atoms with E-state index < -0.39 is 15.5 Å². The van der Waals surface area contributed by atoms with Gasteiger partial charge in [-0.15, -0.1) is 56.4 Å². The van der Waals surface area contributed by atoms with E-state index in [-0.39, 0.29) is 4.46 Å². The third kappa shape index (κ3) is 9.88. The molecule has 0 rings (SSSR count). The van der Waals surface area contributed by atoms with E-state index in [4.69, 9.17) is 56.4 Å². The molecule has 62 valence electrons. The molecule has 0 aliphatic rings. The van der Waals surface area contributed by atoms with Crippen LogP contribution in [0.3, 0.4) is 0 Å². The summed E-state index contributed by atoms with van der Waals surface area (Å²) in [5.74, 6) is 0. The lowest BCUT2D eigenvalue weighted by molar-refractivity contribution is 1.40. The van der Waals surface area contributed by atoms with Crippen LogP contribution in [-0.2, 0) is 0 Å². The normalized spacial score (nSPS) is 13.8. The molecule has 0 saturated carbocycles. The zero-order valence-electron chi connectivity index (χ0n) is 5.09. The highest BCUT2D eigenvalue weighted by atomic mass is 35.8. The lowest BCUT2D eigenvalue weighted by Gasteiger charge is -2.05. The maximum absolute atomic E-state index is 5.62. The number of rotatable bonds is 4. The Balaban J connectivity index is 3.21. The predicted molar refractivity (Wildman–Crippen MR) is 57.0 cm³/mol. The Bertz CT molecular complexity index is 89.4. The monoisotopic (exact) mass is 274 g/mol. The standard InChI is InChI=1S/C3H7Cl5Si2/c4-3(5)9-1-2-10(6,7)8/h3H,1-2,9H2. The van der Waals surface area contributed by atoms with E-state index in [1.807, 2.05) is 0 Å². The van der Waals surface area contributed by atoms with Crippen molar-refractivity contribution in [3.05, 3.63) is 0 Å². The van der Waals surface area contributed by atoms with E-state index in [1.165, 1.54) is 0 Å². The molecule has 0 bridgehead atoms. The summed E-state index contributed by atoms with van der Waals surface area (Å²) in [5.41, 5.74) is 0. The van der Waals surface area contributed by atoms with Gasteiger partial charge >= 0.3 is 6.00 Å². The van der Waals surface area contributed by atoms with Gasteiger partial charge in [-0.1, -0.05) is 6.04 Å². The summed E-state index contributed by atoms with van der Waals surface area (Å²) >= 11 is 27.9. The number of alkyl halides is 2. The Morgan fingerprint density at radius 3 is 2.00 bits per heavy atom. The van der Waals surface area contributed by atoms with Crippen molar-refractivity contribution in [3.8, 4) is 0 Å². The van der Waals surface area contributed by atoms with Gasteiger partial charge in [0, 0.05) is 0 Å². The zero-order chi connectivity index (χ0) is 8.20. The largest absolute Gasteiger partial charge is 0.341 e. The molecule has 0 aliphatic carbocycles. The van der Waals surface area contributed by atoms with Crippen LogP contribution in [-0.4, -0.2) is 20.0 Å². The smallest absolute Gasteiger partial charge is 0.126 e. The van der Waals surface area contributed by atoms with Crippen molar-refractivity contribution < 1.29 is 0 Å². The summed E-state index contributed by atoms with van der Waals surface area (Å²) in [4.78, 5) is 0. The molecule has 0 nitrogen and oxygen atoms in total. The molecule has 10 heavy (non-hydrogen) atoms. The average molecular weight is 277 g/mol. The average Bonchev–Trinajstić information content (AvgIpc) is 1.59. The second kappa shape index (κ2) is 5.52. The lowest BCUT2D eigenvalue weighted by atomic mass is 11.0. The highest BCUT2D eigenvalue weighted by molar-refractivity contribution is 7.64. The molecule has 7 heteroatoms. The highest BCUT2D eigenvalue weighted by Crippen LogP contribution is 2.26. The Hall–Kier alpha value is 1.88. The minimum absolute atomic E-state index is 0.193. The van der Waals surface area contributed by atoms with Crippen LogP contribution >= 0.6 is 56.4 Å². The van der Waals surface area contributed by atoms with Gasteiger partial charge in [-0.25, -0.2) is 0 Å². The molecule has 0 amide bonds. The van der Waals surface area contributed by atoms with E-state index in [2.05, 4.69) is 0 Å². The minimum Gasteiger partial charge on any atom is -0.126 e. The third-order valence-corrected chi connectivity index (χ3v) is 6.72. The van der Waals surface area contributed by atoms with Gasteiger partial charge in [0.25, 0.3) is 0 Å². The molecule has 0 aromatic carbocycles. The van der Waals surface area contributed by atoms with Crippen molar-refractivity contribution >= 4 is 72.0 Å². The van der Waals surface area contributed by atoms with Gasteiger partial charge in [0.15, 0.2) is 0 Å². The summed E-state index contributed by atoms with van der Waals surface area (Å²) in [7, 11) is -0.421. The molecule has 0 aliphatic heterocycles. The summed E-state index contributed by atoms with van der Waals surface area (Å²) in [6.45, 7) is 0. The predicted octanol–water partition coefficient (Wildman–Crippen LogP) is 2.99. The highest BCUT2D eigenvalue weighted by Gasteiger charge is 2.24. The Kier molecular flexibility index (Phi) is 6.55. The fourth-order valence-electron chi connectivity index (χ4n) is 0.457. The maximum Gasteiger partial charge on any atom is 0.341 e. The molecule has 0 atom stereocenters. The first-order valence-electron chi connectivity index (χ1n) is 2.77. The van der Waals surface area contributed by atoms with E-state index in [0.29, 0.717) is 6.04 Å². The molecule has 0 N–H and O–H groups in total. The van der Waals surface area contributed by atoms with Crippen LogP contribution in [0.25, 0.3) is 0 Å².